The normalized spacial score (nSPS) is 24.6. The minimum Gasteiger partial charge on any atom is -0.378 e. The Morgan fingerprint density at radius 3 is 2.84 bits per heavy atom. The molecule has 4 heteroatoms. The van der Waals surface area contributed by atoms with Crippen LogP contribution < -0.4 is 5.32 Å². The second kappa shape index (κ2) is 6.46. The van der Waals surface area contributed by atoms with Gasteiger partial charge in [0.05, 0.1) is 6.61 Å². The Kier molecular flexibility index (Phi) is 4.91. The monoisotopic (exact) mass is 267 g/mol. The summed E-state index contributed by atoms with van der Waals surface area (Å²) in [5, 5.41) is 3.42. The molecular weight excluding hydrogens is 245 g/mol. The molecule has 1 saturated heterocycles. The van der Waals surface area contributed by atoms with Crippen molar-refractivity contribution in [2.75, 3.05) is 26.9 Å². The SMILES string of the molecule is CCC(NCC1(OC)CCOC1)c1ccccc1F. The molecule has 3 nitrogen and oxygen atoms in total. The molecule has 106 valence electrons. The summed E-state index contributed by atoms with van der Waals surface area (Å²) >= 11 is 0. The summed E-state index contributed by atoms with van der Waals surface area (Å²) in [5.41, 5.74) is 0.453. The van der Waals surface area contributed by atoms with Crippen LogP contribution in [0.2, 0.25) is 0 Å². The predicted molar refractivity (Wildman–Crippen MR) is 72.6 cm³/mol. The molecule has 2 atom stereocenters. The molecule has 0 aliphatic carbocycles. The lowest BCUT2D eigenvalue weighted by atomic mass is 9.99. The first kappa shape index (κ1) is 14.4. The first-order valence-corrected chi connectivity index (χ1v) is 6.81. The first-order valence-electron chi connectivity index (χ1n) is 6.81. The fourth-order valence-electron chi connectivity index (χ4n) is 2.50. The largest absolute Gasteiger partial charge is 0.378 e. The third kappa shape index (κ3) is 3.32. The van der Waals surface area contributed by atoms with E-state index in [9.17, 15) is 4.39 Å². The highest BCUT2D eigenvalue weighted by atomic mass is 19.1. The highest BCUT2D eigenvalue weighted by Gasteiger charge is 2.35. The predicted octanol–water partition coefficient (Wildman–Crippen LogP) is 2.67. The molecule has 0 radical (unpaired) electrons. The number of benzene rings is 1. The molecule has 0 bridgehead atoms. The standard InChI is InChI=1S/C15H22FNO2/c1-3-14(12-6-4-5-7-13(12)16)17-10-15(18-2)8-9-19-11-15/h4-7,14,17H,3,8-11H2,1-2H3. The van der Waals surface area contributed by atoms with Crippen molar-refractivity contribution < 1.29 is 13.9 Å². The van der Waals surface area contributed by atoms with Crippen LogP contribution in [0, 0.1) is 5.82 Å². The number of rotatable bonds is 6. The van der Waals surface area contributed by atoms with Crippen molar-refractivity contribution in [3.8, 4) is 0 Å². The van der Waals surface area contributed by atoms with Crippen molar-refractivity contribution >= 4 is 0 Å². The zero-order chi connectivity index (χ0) is 13.7. The second-order valence-electron chi connectivity index (χ2n) is 5.05. The topological polar surface area (TPSA) is 30.5 Å². The summed E-state index contributed by atoms with van der Waals surface area (Å²) in [6.45, 7) is 4.06. The summed E-state index contributed by atoms with van der Waals surface area (Å²) < 4.78 is 24.8. The lowest BCUT2D eigenvalue weighted by Gasteiger charge is -2.29. The van der Waals surface area contributed by atoms with Crippen LogP contribution in [0.15, 0.2) is 24.3 Å². The molecule has 1 heterocycles. The fraction of sp³-hybridized carbons (Fsp3) is 0.600. The zero-order valence-electron chi connectivity index (χ0n) is 11.6. The molecule has 2 unspecified atom stereocenters. The van der Waals surface area contributed by atoms with Gasteiger partial charge in [0.15, 0.2) is 0 Å². The molecule has 0 saturated carbocycles. The number of hydrogen-bond donors (Lipinski definition) is 1. The molecular formula is C15H22FNO2. The van der Waals surface area contributed by atoms with E-state index in [0.717, 1.165) is 25.0 Å². The van der Waals surface area contributed by atoms with Gasteiger partial charge in [-0.2, -0.15) is 0 Å². The minimum absolute atomic E-state index is 0.00817. The Labute approximate surface area is 114 Å². The molecule has 0 aromatic heterocycles. The minimum atomic E-state index is -0.265. The van der Waals surface area contributed by atoms with Gasteiger partial charge in [-0.1, -0.05) is 25.1 Å². The third-order valence-corrected chi connectivity index (χ3v) is 3.86. The Morgan fingerprint density at radius 1 is 1.47 bits per heavy atom. The van der Waals surface area contributed by atoms with Gasteiger partial charge in [-0.25, -0.2) is 4.39 Å². The molecule has 0 amide bonds. The van der Waals surface area contributed by atoms with Crippen molar-refractivity contribution in [1.29, 1.82) is 0 Å². The van der Waals surface area contributed by atoms with Gasteiger partial charge in [0.2, 0.25) is 0 Å². The van der Waals surface area contributed by atoms with Crippen molar-refractivity contribution in [1.82, 2.24) is 5.32 Å². The van der Waals surface area contributed by atoms with E-state index in [1.165, 1.54) is 6.07 Å². The van der Waals surface area contributed by atoms with E-state index in [1.807, 2.05) is 12.1 Å². The van der Waals surface area contributed by atoms with Gasteiger partial charge in [0.25, 0.3) is 0 Å². The lowest BCUT2D eigenvalue weighted by Crippen LogP contribution is -2.44. The first-order chi connectivity index (χ1) is 9.21. The van der Waals surface area contributed by atoms with Crippen LogP contribution in [-0.2, 0) is 9.47 Å². The number of ether oxygens (including phenoxy) is 2. The second-order valence-corrected chi connectivity index (χ2v) is 5.05. The van der Waals surface area contributed by atoms with Crippen LogP contribution in [0.25, 0.3) is 0 Å². The molecule has 1 aliphatic rings. The van der Waals surface area contributed by atoms with E-state index < -0.39 is 0 Å². The van der Waals surface area contributed by atoms with Crippen molar-refractivity contribution in [3.05, 3.63) is 35.6 Å². The summed E-state index contributed by atoms with van der Waals surface area (Å²) in [5.74, 6) is -0.156. The molecule has 1 N–H and O–H groups in total. The van der Waals surface area contributed by atoms with Gasteiger partial charge in [0, 0.05) is 38.3 Å². The van der Waals surface area contributed by atoms with Crippen LogP contribution in [0.3, 0.4) is 0 Å². The zero-order valence-corrected chi connectivity index (χ0v) is 11.6. The number of hydrogen-bond acceptors (Lipinski definition) is 3. The highest BCUT2D eigenvalue weighted by molar-refractivity contribution is 5.21. The Balaban J connectivity index is 2.02. The Morgan fingerprint density at radius 2 is 2.26 bits per heavy atom. The quantitative estimate of drug-likeness (QED) is 0.859. The number of methoxy groups -OCH3 is 1. The molecule has 1 aromatic carbocycles. The summed E-state index contributed by atoms with van der Waals surface area (Å²) in [4.78, 5) is 0. The Hall–Kier alpha value is -0.970. The maximum atomic E-state index is 13.8. The summed E-state index contributed by atoms with van der Waals surface area (Å²) in [6.07, 6.45) is 1.71. The van der Waals surface area contributed by atoms with E-state index in [2.05, 4.69) is 12.2 Å². The van der Waals surface area contributed by atoms with E-state index in [1.54, 1.807) is 13.2 Å². The molecule has 1 aliphatic heterocycles. The van der Waals surface area contributed by atoms with Gasteiger partial charge >= 0.3 is 0 Å². The molecule has 1 aromatic rings. The molecule has 2 rings (SSSR count). The third-order valence-electron chi connectivity index (χ3n) is 3.86. The van der Waals surface area contributed by atoms with Crippen molar-refractivity contribution in [3.63, 3.8) is 0 Å². The van der Waals surface area contributed by atoms with Crippen LogP contribution in [0.5, 0.6) is 0 Å². The smallest absolute Gasteiger partial charge is 0.127 e. The molecule has 0 spiro atoms. The van der Waals surface area contributed by atoms with E-state index >= 15 is 0 Å². The van der Waals surface area contributed by atoms with E-state index in [-0.39, 0.29) is 17.5 Å². The number of halogens is 1. The maximum Gasteiger partial charge on any atom is 0.127 e. The van der Waals surface area contributed by atoms with Crippen LogP contribution >= 0.6 is 0 Å². The van der Waals surface area contributed by atoms with Crippen molar-refractivity contribution in [2.45, 2.75) is 31.4 Å². The Bertz CT molecular complexity index is 405. The van der Waals surface area contributed by atoms with Gasteiger partial charge in [-0.3, -0.25) is 0 Å². The average Bonchev–Trinajstić information content (AvgIpc) is 2.91. The molecule has 1 fully saturated rings. The molecule has 19 heavy (non-hydrogen) atoms. The maximum absolute atomic E-state index is 13.8. The van der Waals surface area contributed by atoms with E-state index in [4.69, 9.17) is 9.47 Å². The van der Waals surface area contributed by atoms with Gasteiger partial charge < -0.3 is 14.8 Å². The average molecular weight is 267 g/mol. The van der Waals surface area contributed by atoms with Gasteiger partial charge in [0.1, 0.15) is 11.4 Å². The van der Waals surface area contributed by atoms with Crippen LogP contribution in [0.4, 0.5) is 4.39 Å². The number of nitrogens with one attached hydrogen (secondary N) is 1. The van der Waals surface area contributed by atoms with Crippen LogP contribution in [-0.4, -0.2) is 32.5 Å². The van der Waals surface area contributed by atoms with Crippen molar-refractivity contribution in [2.24, 2.45) is 0 Å². The fourth-order valence-corrected chi connectivity index (χ4v) is 2.50. The highest BCUT2D eigenvalue weighted by Crippen LogP contribution is 2.25. The summed E-state index contributed by atoms with van der Waals surface area (Å²) in [6, 6.07) is 6.93. The van der Waals surface area contributed by atoms with E-state index in [0.29, 0.717) is 13.2 Å². The van der Waals surface area contributed by atoms with Gasteiger partial charge in [-0.05, 0) is 12.5 Å². The van der Waals surface area contributed by atoms with Gasteiger partial charge in [-0.15, -0.1) is 0 Å². The lowest BCUT2D eigenvalue weighted by molar-refractivity contribution is -0.0176. The van der Waals surface area contributed by atoms with Crippen LogP contribution in [0.1, 0.15) is 31.4 Å². The summed E-state index contributed by atoms with van der Waals surface area (Å²) in [7, 11) is 1.71.